The molecule has 4 nitrogen and oxygen atoms in total. The van der Waals surface area contributed by atoms with E-state index in [-0.39, 0.29) is 0 Å². The SMILES string of the molecule is CC(C)NCCNC(C)CCC(C)NCCN(C)C. The molecule has 0 aliphatic rings. The van der Waals surface area contributed by atoms with Crippen molar-refractivity contribution in [3.63, 3.8) is 0 Å². The Kier molecular flexibility index (Phi) is 11.6. The molecule has 4 heteroatoms. The second kappa shape index (κ2) is 11.6. The van der Waals surface area contributed by atoms with Crippen LogP contribution < -0.4 is 16.0 Å². The third kappa shape index (κ3) is 14.1. The first-order chi connectivity index (χ1) is 8.91. The molecule has 116 valence electrons. The molecule has 3 N–H and O–H groups in total. The molecular weight excluding hydrogens is 236 g/mol. The maximum absolute atomic E-state index is 3.57. The summed E-state index contributed by atoms with van der Waals surface area (Å²) in [6.07, 6.45) is 2.47. The summed E-state index contributed by atoms with van der Waals surface area (Å²) in [4.78, 5) is 2.21. The number of hydrogen-bond donors (Lipinski definition) is 3. The Morgan fingerprint density at radius 1 is 0.737 bits per heavy atom. The zero-order valence-corrected chi connectivity index (χ0v) is 13.9. The van der Waals surface area contributed by atoms with Gasteiger partial charge in [0.25, 0.3) is 0 Å². The number of nitrogens with one attached hydrogen (secondary N) is 3. The summed E-state index contributed by atoms with van der Waals surface area (Å²) in [6.45, 7) is 13.2. The van der Waals surface area contributed by atoms with Gasteiger partial charge in [0.05, 0.1) is 0 Å². The lowest BCUT2D eigenvalue weighted by Gasteiger charge is -2.19. The molecule has 0 bridgehead atoms. The van der Waals surface area contributed by atoms with Crippen LogP contribution in [0.1, 0.15) is 40.5 Å². The molecule has 0 aromatic heterocycles. The van der Waals surface area contributed by atoms with Gasteiger partial charge in [0, 0.05) is 44.3 Å². The summed E-state index contributed by atoms with van der Waals surface area (Å²) in [6, 6.07) is 1.79. The van der Waals surface area contributed by atoms with Crippen LogP contribution >= 0.6 is 0 Å². The Bertz CT molecular complexity index is 195. The molecule has 2 unspecified atom stereocenters. The molecule has 0 aliphatic carbocycles. The fourth-order valence-corrected chi connectivity index (χ4v) is 1.92. The Hall–Kier alpha value is -0.160. The van der Waals surface area contributed by atoms with Gasteiger partial charge in [0.15, 0.2) is 0 Å². The lowest BCUT2D eigenvalue weighted by molar-refractivity contribution is 0.373. The number of rotatable bonds is 12. The van der Waals surface area contributed by atoms with Gasteiger partial charge in [0.2, 0.25) is 0 Å². The second-order valence-corrected chi connectivity index (χ2v) is 6.20. The van der Waals surface area contributed by atoms with E-state index in [1.165, 1.54) is 12.8 Å². The number of nitrogens with zero attached hydrogens (tertiary/aromatic N) is 1. The molecule has 0 radical (unpaired) electrons. The van der Waals surface area contributed by atoms with Crippen molar-refractivity contribution in [2.24, 2.45) is 0 Å². The summed E-state index contributed by atoms with van der Waals surface area (Å²) < 4.78 is 0. The van der Waals surface area contributed by atoms with Gasteiger partial charge in [-0.15, -0.1) is 0 Å². The minimum atomic E-state index is 0.582. The fourth-order valence-electron chi connectivity index (χ4n) is 1.92. The highest BCUT2D eigenvalue weighted by Gasteiger charge is 2.05. The van der Waals surface area contributed by atoms with Crippen LogP contribution in [0.4, 0.5) is 0 Å². The summed E-state index contributed by atoms with van der Waals surface area (Å²) in [5, 5.41) is 10.6. The van der Waals surface area contributed by atoms with Crippen molar-refractivity contribution in [3.8, 4) is 0 Å². The number of hydrogen-bond acceptors (Lipinski definition) is 4. The van der Waals surface area contributed by atoms with Crippen molar-refractivity contribution in [1.82, 2.24) is 20.9 Å². The average Bonchev–Trinajstić information content (AvgIpc) is 2.31. The summed E-state index contributed by atoms with van der Waals surface area (Å²) >= 11 is 0. The summed E-state index contributed by atoms with van der Waals surface area (Å²) in [5.74, 6) is 0. The van der Waals surface area contributed by atoms with Crippen LogP contribution in [-0.2, 0) is 0 Å². The Morgan fingerprint density at radius 2 is 1.21 bits per heavy atom. The predicted octanol–water partition coefficient (Wildman–Crippen LogP) is 1.28. The quantitative estimate of drug-likeness (QED) is 0.468. The second-order valence-electron chi connectivity index (χ2n) is 6.20. The third-order valence-electron chi connectivity index (χ3n) is 3.25. The van der Waals surface area contributed by atoms with Gasteiger partial charge in [-0.25, -0.2) is 0 Å². The topological polar surface area (TPSA) is 39.3 Å². The average molecular weight is 272 g/mol. The van der Waals surface area contributed by atoms with Crippen molar-refractivity contribution in [1.29, 1.82) is 0 Å². The lowest BCUT2D eigenvalue weighted by Crippen LogP contribution is -2.37. The first-order valence-electron chi connectivity index (χ1n) is 7.76. The van der Waals surface area contributed by atoms with Crippen LogP contribution in [0.3, 0.4) is 0 Å². The molecule has 0 fully saturated rings. The highest BCUT2D eigenvalue weighted by molar-refractivity contribution is 4.68. The molecule has 0 heterocycles. The van der Waals surface area contributed by atoms with Gasteiger partial charge in [-0.1, -0.05) is 13.8 Å². The molecular formula is C15H36N4. The van der Waals surface area contributed by atoms with Gasteiger partial charge in [-0.2, -0.15) is 0 Å². The van der Waals surface area contributed by atoms with Gasteiger partial charge in [-0.05, 0) is 40.8 Å². The first kappa shape index (κ1) is 18.8. The van der Waals surface area contributed by atoms with Crippen molar-refractivity contribution in [2.75, 3.05) is 40.3 Å². The van der Waals surface area contributed by atoms with Gasteiger partial charge >= 0.3 is 0 Å². The molecule has 0 aliphatic heterocycles. The first-order valence-corrected chi connectivity index (χ1v) is 7.76. The van der Waals surface area contributed by atoms with E-state index in [0.29, 0.717) is 18.1 Å². The maximum atomic E-state index is 3.57. The zero-order chi connectivity index (χ0) is 14.7. The van der Waals surface area contributed by atoms with E-state index < -0.39 is 0 Å². The van der Waals surface area contributed by atoms with Crippen LogP contribution in [0.5, 0.6) is 0 Å². The van der Waals surface area contributed by atoms with Gasteiger partial charge in [-0.3, -0.25) is 0 Å². The Morgan fingerprint density at radius 3 is 1.68 bits per heavy atom. The largest absolute Gasteiger partial charge is 0.313 e. The highest BCUT2D eigenvalue weighted by atomic mass is 15.1. The monoisotopic (exact) mass is 272 g/mol. The minimum Gasteiger partial charge on any atom is -0.313 e. The molecule has 0 rings (SSSR count). The molecule has 0 saturated carbocycles. The Labute approximate surface area is 120 Å². The predicted molar refractivity (Wildman–Crippen MR) is 85.9 cm³/mol. The zero-order valence-electron chi connectivity index (χ0n) is 13.9. The van der Waals surface area contributed by atoms with Crippen LogP contribution in [0.2, 0.25) is 0 Å². The van der Waals surface area contributed by atoms with Crippen LogP contribution in [0.25, 0.3) is 0 Å². The van der Waals surface area contributed by atoms with E-state index in [1.807, 2.05) is 0 Å². The molecule has 0 saturated heterocycles. The van der Waals surface area contributed by atoms with E-state index in [1.54, 1.807) is 0 Å². The molecule has 0 spiro atoms. The van der Waals surface area contributed by atoms with Crippen molar-refractivity contribution in [2.45, 2.75) is 58.7 Å². The summed E-state index contributed by atoms with van der Waals surface area (Å²) in [5.41, 5.74) is 0. The van der Waals surface area contributed by atoms with Crippen molar-refractivity contribution >= 4 is 0 Å². The lowest BCUT2D eigenvalue weighted by atomic mass is 10.1. The molecule has 0 aromatic rings. The van der Waals surface area contributed by atoms with Crippen LogP contribution in [-0.4, -0.2) is 63.3 Å². The Balaban J connectivity index is 3.42. The minimum absolute atomic E-state index is 0.582. The standard InChI is InChI=1S/C15H36N4/c1-13(2)16-9-10-17-14(3)7-8-15(4)18-11-12-19(5)6/h13-18H,7-12H2,1-6H3. The fraction of sp³-hybridized carbons (Fsp3) is 1.00. The van der Waals surface area contributed by atoms with E-state index >= 15 is 0 Å². The van der Waals surface area contributed by atoms with Crippen molar-refractivity contribution < 1.29 is 0 Å². The molecule has 0 aromatic carbocycles. The number of likely N-dealkylation sites (N-methyl/N-ethyl adjacent to an activating group) is 1. The highest BCUT2D eigenvalue weighted by Crippen LogP contribution is 2.00. The van der Waals surface area contributed by atoms with Crippen molar-refractivity contribution in [3.05, 3.63) is 0 Å². The maximum Gasteiger partial charge on any atom is 0.0101 e. The van der Waals surface area contributed by atoms with E-state index in [2.05, 4.69) is 62.6 Å². The van der Waals surface area contributed by atoms with Crippen LogP contribution in [0, 0.1) is 0 Å². The van der Waals surface area contributed by atoms with E-state index in [9.17, 15) is 0 Å². The van der Waals surface area contributed by atoms with Gasteiger partial charge < -0.3 is 20.9 Å². The molecule has 0 amide bonds. The molecule has 2 atom stereocenters. The van der Waals surface area contributed by atoms with E-state index in [4.69, 9.17) is 0 Å². The van der Waals surface area contributed by atoms with Crippen LogP contribution in [0.15, 0.2) is 0 Å². The summed E-state index contributed by atoms with van der Waals surface area (Å²) in [7, 11) is 4.23. The van der Waals surface area contributed by atoms with E-state index in [0.717, 1.165) is 26.2 Å². The third-order valence-corrected chi connectivity index (χ3v) is 3.25. The molecule has 19 heavy (non-hydrogen) atoms. The smallest absolute Gasteiger partial charge is 0.0101 e. The normalized spacial score (nSPS) is 15.2. The van der Waals surface area contributed by atoms with Gasteiger partial charge in [0.1, 0.15) is 0 Å².